The highest BCUT2D eigenvalue weighted by atomic mass is 16.5. The maximum atomic E-state index is 13.0. The fourth-order valence-electron chi connectivity index (χ4n) is 4.90. The number of ether oxygens (including phenoxy) is 5. The van der Waals surface area contributed by atoms with Crippen molar-refractivity contribution in [1.82, 2.24) is 0 Å². The maximum absolute atomic E-state index is 13.0. The number of hydrogen-bond acceptors (Lipinski definition) is 6. The monoisotopic (exact) mass is 444 g/mol. The largest absolute Gasteiger partial charge is 0.497 e. The van der Waals surface area contributed by atoms with Crippen molar-refractivity contribution >= 4 is 16.7 Å². The topological polar surface area (TPSA) is 63.2 Å². The van der Waals surface area contributed by atoms with Gasteiger partial charge in [-0.2, -0.15) is 0 Å². The van der Waals surface area contributed by atoms with Gasteiger partial charge in [0.25, 0.3) is 0 Å². The molecule has 3 aromatic rings. The number of esters is 1. The molecule has 1 heterocycles. The highest BCUT2D eigenvalue weighted by molar-refractivity contribution is 5.99. The predicted octanol–water partition coefficient (Wildman–Crippen LogP) is 4.93. The van der Waals surface area contributed by atoms with Crippen molar-refractivity contribution < 1.29 is 28.5 Å². The van der Waals surface area contributed by atoms with Crippen molar-refractivity contribution in [2.24, 2.45) is 0 Å². The molecule has 0 spiro atoms. The van der Waals surface area contributed by atoms with Crippen molar-refractivity contribution in [1.29, 1.82) is 0 Å². The average Bonchev–Trinajstić information content (AvgIpc) is 3.13. The molecular weight excluding hydrogens is 420 g/mol. The highest BCUT2D eigenvalue weighted by Gasteiger charge is 2.43. The summed E-state index contributed by atoms with van der Waals surface area (Å²) in [6.45, 7) is 3.98. The maximum Gasteiger partial charge on any atom is 0.340 e. The Bertz CT molecular complexity index is 1350. The van der Waals surface area contributed by atoms with Gasteiger partial charge in [0.15, 0.2) is 11.5 Å². The first-order valence-electron chi connectivity index (χ1n) is 10.5. The van der Waals surface area contributed by atoms with E-state index in [2.05, 4.69) is 12.6 Å². The summed E-state index contributed by atoms with van der Waals surface area (Å²) in [7, 11) is 6.41. The molecule has 168 valence electrons. The van der Waals surface area contributed by atoms with Crippen molar-refractivity contribution in [3.05, 3.63) is 82.6 Å². The van der Waals surface area contributed by atoms with E-state index in [9.17, 15) is 4.79 Å². The summed E-state index contributed by atoms with van der Waals surface area (Å²) >= 11 is 0. The van der Waals surface area contributed by atoms with Crippen LogP contribution in [0, 0.1) is 0 Å². The van der Waals surface area contributed by atoms with Crippen molar-refractivity contribution in [3.63, 3.8) is 0 Å². The number of carbonyl (C=O) groups excluding carboxylic acids is 1. The second-order valence-corrected chi connectivity index (χ2v) is 8.01. The number of rotatable bonds is 5. The van der Waals surface area contributed by atoms with E-state index >= 15 is 0 Å². The van der Waals surface area contributed by atoms with Crippen LogP contribution < -0.4 is 18.9 Å². The number of hydrogen-bond donors (Lipinski definition) is 0. The molecule has 0 saturated carbocycles. The van der Waals surface area contributed by atoms with Crippen LogP contribution in [0.5, 0.6) is 23.0 Å². The summed E-state index contributed by atoms with van der Waals surface area (Å²) in [4.78, 5) is 13.0. The van der Waals surface area contributed by atoms with E-state index in [-0.39, 0.29) is 5.97 Å². The summed E-state index contributed by atoms with van der Waals surface area (Å²) in [6, 6.07) is 14.0. The van der Waals surface area contributed by atoms with Gasteiger partial charge < -0.3 is 23.7 Å². The Morgan fingerprint density at radius 3 is 2.30 bits per heavy atom. The molecule has 6 nitrogen and oxygen atoms in total. The molecule has 0 aromatic heterocycles. The van der Waals surface area contributed by atoms with Gasteiger partial charge in [-0.15, -0.1) is 0 Å². The van der Waals surface area contributed by atoms with Crippen LogP contribution >= 0.6 is 0 Å². The fraction of sp³-hybridized carbons (Fsp3) is 0.222. The van der Waals surface area contributed by atoms with Crippen molar-refractivity contribution in [2.75, 3.05) is 28.4 Å². The zero-order valence-corrected chi connectivity index (χ0v) is 19.0. The van der Waals surface area contributed by atoms with Crippen molar-refractivity contribution in [2.45, 2.75) is 12.3 Å². The van der Waals surface area contributed by atoms with E-state index < -0.39 is 5.92 Å². The SMILES string of the molecule is C=C1OC(=O)C2=C1Cc1cc(OC)c(OC)c(OC)c1C2c1ccc2cc(OC)ccc2c1. The molecule has 0 N–H and O–H groups in total. The first kappa shape index (κ1) is 20.9. The Morgan fingerprint density at radius 1 is 0.879 bits per heavy atom. The van der Waals surface area contributed by atoms with Crippen LogP contribution in [0.2, 0.25) is 0 Å². The normalized spacial score (nSPS) is 16.9. The minimum atomic E-state index is -0.406. The highest BCUT2D eigenvalue weighted by Crippen LogP contribution is 2.54. The molecule has 6 heteroatoms. The minimum absolute atomic E-state index is 0.377. The Labute approximate surface area is 192 Å². The molecule has 1 aliphatic carbocycles. The smallest absolute Gasteiger partial charge is 0.340 e. The van der Waals surface area contributed by atoms with E-state index in [1.54, 1.807) is 28.4 Å². The summed E-state index contributed by atoms with van der Waals surface area (Å²) < 4.78 is 27.9. The first-order valence-corrected chi connectivity index (χ1v) is 10.5. The Morgan fingerprint density at radius 2 is 1.61 bits per heavy atom. The molecule has 0 amide bonds. The van der Waals surface area contributed by atoms with Gasteiger partial charge in [-0.25, -0.2) is 4.79 Å². The van der Waals surface area contributed by atoms with Crippen LogP contribution in [-0.4, -0.2) is 34.4 Å². The summed E-state index contributed by atoms with van der Waals surface area (Å²) in [5.41, 5.74) is 4.18. The molecule has 33 heavy (non-hydrogen) atoms. The minimum Gasteiger partial charge on any atom is -0.497 e. The third-order valence-corrected chi connectivity index (χ3v) is 6.40. The number of benzene rings is 3. The summed E-state index contributed by atoms with van der Waals surface area (Å²) in [6.07, 6.45) is 0.493. The molecule has 1 aliphatic heterocycles. The second kappa shape index (κ2) is 7.89. The second-order valence-electron chi connectivity index (χ2n) is 8.01. The number of cyclic esters (lactones) is 1. The van der Waals surface area contributed by atoms with Gasteiger partial charge in [0.1, 0.15) is 11.5 Å². The molecule has 2 aliphatic rings. The molecule has 1 atom stereocenters. The van der Waals surface area contributed by atoms with E-state index in [1.165, 1.54) is 0 Å². The number of carbonyl (C=O) groups is 1. The van der Waals surface area contributed by atoms with Crippen LogP contribution in [0.25, 0.3) is 10.8 Å². The third kappa shape index (κ3) is 3.13. The lowest BCUT2D eigenvalue weighted by Crippen LogP contribution is -2.19. The molecule has 0 fully saturated rings. The molecule has 1 unspecified atom stereocenters. The molecule has 0 radical (unpaired) electrons. The zero-order chi connectivity index (χ0) is 23.3. The van der Waals surface area contributed by atoms with E-state index in [4.69, 9.17) is 23.7 Å². The van der Waals surface area contributed by atoms with Crippen LogP contribution in [0.4, 0.5) is 0 Å². The molecule has 0 bridgehead atoms. The Kier molecular flexibility index (Phi) is 5.01. The van der Waals surface area contributed by atoms with E-state index in [1.807, 2.05) is 36.4 Å². The summed E-state index contributed by atoms with van der Waals surface area (Å²) in [5, 5.41) is 2.08. The molecule has 5 rings (SSSR count). The first-order chi connectivity index (χ1) is 16.0. The molecule has 3 aromatic carbocycles. The lowest BCUT2D eigenvalue weighted by molar-refractivity contribution is -0.133. The quantitative estimate of drug-likeness (QED) is 0.520. The van der Waals surface area contributed by atoms with Gasteiger partial charge in [-0.3, -0.25) is 0 Å². The Hall–Kier alpha value is -3.93. The fourth-order valence-corrected chi connectivity index (χ4v) is 4.90. The van der Waals surface area contributed by atoms with Crippen molar-refractivity contribution in [3.8, 4) is 23.0 Å². The molecule has 0 saturated heterocycles. The third-order valence-electron chi connectivity index (χ3n) is 6.40. The number of allylic oxidation sites excluding steroid dienone is 1. The van der Waals surface area contributed by atoms with Crippen LogP contribution in [0.15, 0.2) is 65.9 Å². The standard InChI is InChI=1S/C27H24O6/c1-14-20-12-18-13-21(30-3)25(31-4)26(32-5)23(18)22(24(20)27(28)33-14)17-7-6-16-11-19(29-2)9-8-15(16)10-17/h6-11,13,22H,1,12H2,2-5H3. The predicted molar refractivity (Wildman–Crippen MR) is 124 cm³/mol. The number of fused-ring (bicyclic) bond motifs is 2. The van der Waals surface area contributed by atoms with Gasteiger partial charge in [0, 0.05) is 23.5 Å². The average molecular weight is 444 g/mol. The van der Waals surface area contributed by atoms with Gasteiger partial charge >= 0.3 is 5.97 Å². The van der Waals surface area contributed by atoms with E-state index in [0.29, 0.717) is 35.0 Å². The van der Waals surface area contributed by atoms with Crippen LogP contribution in [0.3, 0.4) is 0 Å². The zero-order valence-electron chi connectivity index (χ0n) is 19.0. The lowest BCUT2D eigenvalue weighted by atomic mass is 9.74. The van der Waals surface area contributed by atoms with Gasteiger partial charge in [0.05, 0.1) is 34.0 Å². The van der Waals surface area contributed by atoms with Crippen LogP contribution in [-0.2, 0) is 16.0 Å². The molecular formula is C27H24O6. The van der Waals surface area contributed by atoms with Gasteiger partial charge in [-0.05, 0) is 40.1 Å². The lowest BCUT2D eigenvalue weighted by Gasteiger charge is -2.30. The Balaban J connectivity index is 1.80. The summed E-state index contributed by atoms with van der Waals surface area (Å²) in [5.74, 6) is 2.00. The number of methoxy groups -OCH3 is 4. The van der Waals surface area contributed by atoms with Gasteiger partial charge in [0.2, 0.25) is 5.75 Å². The van der Waals surface area contributed by atoms with E-state index in [0.717, 1.165) is 38.8 Å². The van der Waals surface area contributed by atoms with Gasteiger partial charge in [-0.1, -0.05) is 30.8 Å². The van der Waals surface area contributed by atoms with Crippen LogP contribution in [0.1, 0.15) is 22.6 Å².